The lowest BCUT2D eigenvalue weighted by atomic mass is 9.98. The van der Waals surface area contributed by atoms with Gasteiger partial charge in [-0.25, -0.2) is 9.37 Å². The molecular formula is C18H11ClF3N3OS. The maximum Gasteiger partial charge on any atom is 0.387 e. The number of halogens is 4. The van der Waals surface area contributed by atoms with Crippen LogP contribution < -0.4 is 10.1 Å². The molecule has 3 aromatic rings. The fraction of sp³-hybridized carbons (Fsp3) is 0.222. The number of nitrogens with one attached hydrogen (secondary N) is 1. The van der Waals surface area contributed by atoms with E-state index in [9.17, 15) is 13.2 Å². The molecule has 2 atom stereocenters. The molecule has 0 saturated heterocycles. The highest BCUT2D eigenvalue weighted by atomic mass is 35.5. The Morgan fingerprint density at radius 1 is 1.33 bits per heavy atom. The number of imidazole rings is 1. The van der Waals surface area contributed by atoms with E-state index < -0.39 is 12.4 Å². The van der Waals surface area contributed by atoms with E-state index in [0.717, 1.165) is 0 Å². The van der Waals surface area contributed by atoms with Gasteiger partial charge in [-0.3, -0.25) is 0 Å². The summed E-state index contributed by atoms with van der Waals surface area (Å²) in [7, 11) is 0. The number of alkyl halides is 2. The lowest BCUT2D eigenvalue weighted by Crippen LogP contribution is -2.27. The molecule has 138 valence electrons. The van der Waals surface area contributed by atoms with Crippen molar-refractivity contribution in [2.75, 3.05) is 0 Å². The van der Waals surface area contributed by atoms with E-state index in [1.807, 2.05) is 4.57 Å². The number of ether oxygens (including phenoxy) is 1. The van der Waals surface area contributed by atoms with E-state index >= 15 is 0 Å². The molecule has 0 saturated carbocycles. The first-order valence-electron chi connectivity index (χ1n) is 8.19. The molecule has 2 aliphatic heterocycles. The SMILES string of the molecule is Fc1cc2nc3n(c2cc1Cl)[C@@H]1C[C@H]3NC(=S)c2cccc(OC(F)F)c21. The first-order chi connectivity index (χ1) is 12.9. The van der Waals surface area contributed by atoms with Crippen LogP contribution in [0.2, 0.25) is 5.02 Å². The van der Waals surface area contributed by atoms with Gasteiger partial charge in [-0.05, 0) is 18.6 Å². The van der Waals surface area contributed by atoms with E-state index in [1.54, 1.807) is 12.1 Å². The zero-order chi connectivity index (χ0) is 18.9. The quantitative estimate of drug-likeness (QED) is 0.620. The van der Waals surface area contributed by atoms with Crippen molar-refractivity contribution >= 4 is 39.8 Å². The Bertz CT molecular complexity index is 1120. The van der Waals surface area contributed by atoms with Gasteiger partial charge in [0.1, 0.15) is 22.4 Å². The molecule has 0 radical (unpaired) electrons. The predicted octanol–water partition coefficient (Wildman–Crippen LogP) is 4.74. The maximum absolute atomic E-state index is 13.9. The average molecular weight is 410 g/mol. The third-order valence-corrected chi connectivity index (χ3v) is 5.63. The average Bonchev–Trinajstić information content (AvgIpc) is 3.07. The topological polar surface area (TPSA) is 39.1 Å². The van der Waals surface area contributed by atoms with Crippen molar-refractivity contribution in [2.24, 2.45) is 0 Å². The number of aromatic nitrogens is 2. The summed E-state index contributed by atoms with van der Waals surface area (Å²) in [4.78, 5) is 4.97. The number of nitrogens with zero attached hydrogens (tertiary/aromatic N) is 2. The third-order valence-electron chi connectivity index (χ3n) is 5.01. The molecule has 5 rings (SSSR count). The summed E-state index contributed by atoms with van der Waals surface area (Å²) < 4.78 is 46.5. The standard InChI is InChI=1S/C18H11ClF3N3OS/c19-8-4-12-10(5-9(8)20)23-16-11-6-13(25(12)16)15-7(17(27)24-11)2-1-3-14(15)26-18(21)22/h1-5,11,13,18H,6H2,(H,24,27)/t11-,13-/m1/s1. The minimum absolute atomic E-state index is 0.0229. The minimum Gasteiger partial charge on any atom is -0.434 e. The van der Waals surface area contributed by atoms with E-state index in [1.165, 1.54) is 18.2 Å². The molecule has 2 aromatic carbocycles. The zero-order valence-electron chi connectivity index (χ0n) is 13.5. The van der Waals surface area contributed by atoms with E-state index in [-0.39, 0.29) is 22.9 Å². The van der Waals surface area contributed by atoms with Crippen molar-refractivity contribution in [1.29, 1.82) is 0 Å². The highest BCUT2D eigenvalue weighted by Crippen LogP contribution is 2.47. The molecule has 0 unspecified atom stereocenters. The molecule has 0 amide bonds. The summed E-state index contributed by atoms with van der Waals surface area (Å²) in [6, 6.07) is 7.12. The Kier molecular flexibility index (Phi) is 3.64. The summed E-state index contributed by atoms with van der Waals surface area (Å²) >= 11 is 11.4. The van der Waals surface area contributed by atoms with Crippen LogP contribution >= 0.6 is 23.8 Å². The van der Waals surface area contributed by atoms with Crippen LogP contribution in [0.5, 0.6) is 5.75 Å². The number of thiocarbonyl (C=S) groups is 1. The van der Waals surface area contributed by atoms with E-state index in [2.05, 4.69) is 10.3 Å². The molecule has 2 aliphatic rings. The van der Waals surface area contributed by atoms with E-state index in [4.69, 9.17) is 28.6 Å². The fourth-order valence-electron chi connectivity index (χ4n) is 4.01. The monoisotopic (exact) mass is 409 g/mol. The number of hydrogen-bond acceptors (Lipinski definition) is 3. The summed E-state index contributed by atoms with van der Waals surface area (Å²) in [5.74, 6) is 0.172. The lowest BCUT2D eigenvalue weighted by Gasteiger charge is -2.22. The van der Waals surface area contributed by atoms with Crippen LogP contribution in [-0.4, -0.2) is 21.2 Å². The number of hydrogen-bond donors (Lipinski definition) is 1. The molecule has 27 heavy (non-hydrogen) atoms. The van der Waals surface area contributed by atoms with Gasteiger partial charge in [-0.15, -0.1) is 0 Å². The zero-order valence-corrected chi connectivity index (χ0v) is 15.1. The largest absolute Gasteiger partial charge is 0.434 e. The van der Waals surface area contributed by atoms with Crippen molar-refractivity contribution in [2.45, 2.75) is 25.1 Å². The van der Waals surface area contributed by atoms with Crippen LogP contribution in [0.1, 0.15) is 35.5 Å². The Hall–Kier alpha value is -2.32. The Morgan fingerprint density at radius 2 is 2.15 bits per heavy atom. The van der Waals surface area contributed by atoms with Gasteiger partial charge >= 0.3 is 6.61 Å². The first kappa shape index (κ1) is 16.8. The molecule has 4 nitrogen and oxygen atoms in total. The summed E-state index contributed by atoms with van der Waals surface area (Å²) in [5.41, 5.74) is 2.29. The van der Waals surface area contributed by atoms with Crippen LogP contribution in [0.25, 0.3) is 11.0 Å². The first-order valence-corrected chi connectivity index (χ1v) is 8.98. The number of rotatable bonds is 2. The fourth-order valence-corrected chi connectivity index (χ4v) is 4.49. The second-order valence-electron chi connectivity index (χ2n) is 6.47. The smallest absolute Gasteiger partial charge is 0.387 e. The van der Waals surface area contributed by atoms with Gasteiger partial charge < -0.3 is 14.6 Å². The Morgan fingerprint density at radius 3 is 2.93 bits per heavy atom. The minimum atomic E-state index is -2.96. The summed E-state index contributed by atoms with van der Waals surface area (Å²) in [6.07, 6.45) is 0.560. The highest BCUT2D eigenvalue weighted by molar-refractivity contribution is 7.80. The molecular weight excluding hydrogens is 399 g/mol. The van der Waals surface area contributed by atoms with Crippen molar-refractivity contribution in [1.82, 2.24) is 14.9 Å². The van der Waals surface area contributed by atoms with Gasteiger partial charge in [0.15, 0.2) is 0 Å². The predicted molar refractivity (Wildman–Crippen MR) is 98.1 cm³/mol. The second kappa shape index (κ2) is 5.84. The molecule has 0 fully saturated rings. The van der Waals surface area contributed by atoms with Gasteiger partial charge in [0, 0.05) is 17.2 Å². The lowest BCUT2D eigenvalue weighted by molar-refractivity contribution is -0.0506. The number of fused-ring (bicyclic) bond motifs is 9. The van der Waals surface area contributed by atoms with Crippen LogP contribution in [-0.2, 0) is 0 Å². The molecule has 2 bridgehead atoms. The summed E-state index contributed by atoms with van der Waals surface area (Å²) in [5, 5.41) is 3.21. The maximum atomic E-state index is 13.9. The van der Waals surface area contributed by atoms with Crippen LogP contribution in [0.4, 0.5) is 13.2 Å². The van der Waals surface area contributed by atoms with Gasteiger partial charge in [0.2, 0.25) is 0 Å². The molecule has 1 N–H and O–H groups in total. The summed E-state index contributed by atoms with van der Waals surface area (Å²) in [6.45, 7) is -2.96. The van der Waals surface area contributed by atoms with E-state index in [0.29, 0.717) is 39.4 Å². The third kappa shape index (κ3) is 2.43. The van der Waals surface area contributed by atoms with Crippen LogP contribution in [0.15, 0.2) is 30.3 Å². The molecule has 1 aromatic heterocycles. The van der Waals surface area contributed by atoms with Crippen LogP contribution in [0.3, 0.4) is 0 Å². The normalized spacial score (nSPS) is 20.4. The Labute approximate surface area is 161 Å². The van der Waals surface area contributed by atoms with Gasteiger partial charge in [0.05, 0.1) is 28.1 Å². The molecule has 0 aliphatic carbocycles. The van der Waals surface area contributed by atoms with Crippen molar-refractivity contribution in [3.63, 3.8) is 0 Å². The van der Waals surface area contributed by atoms with Crippen molar-refractivity contribution < 1.29 is 17.9 Å². The van der Waals surface area contributed by atoms with Gasteiger partial charge in [-0.1, -0.05) is 36.0 Å². The Balaban J connectivity index is 1.79. The van der Waals surface area contributed by atoms with Crippen LogP contribution in [0, 0.1) is 5.82 Å². The number of benzene rings is 2. The van der Waals surface area contributed by atoms with Gasteiger partial charge in [-0.2, -0.15) is 8.78 Å². The van der Waals surface area contributed by atoms with Crippen molar-refractivity contribution in [3.05, 3.63) is 58.1 Å². The molecule has 9 heteroatoms. The second-order valence-corrected chi connectivity index (χ2v) is 7.28. The highest BCUT2D eigenvalue weighted by Gasteiger charge is 2.41. The van der Waals surface area contributed by atoms with Crippen molar-refractivity contribution in [3.8, 4) is 5.75 Å². The van der Waals surface area contributed by atoms with Gasteiger partial charge in [0.25, 0.3) is 0 Å². The molecule has 3 heterocycles. The molecule has 0 spiro atoms.